The quantitative estimate of drug-likeness (QED) is 0.810. The Kier molecular flexibility index (Phi) is 6.02. The average molecular weight is 338 g/mol. The van der Waals surface area contributed by atoms with Gasteiger partial charge < -0.3 is 20.5 Å². The Bertz CT molecular complexity index is 833. The summed E-state index contributed by atoms with van der Waals surface area (Å²) in [5.74, 6) is 6.03. The molecule has 6 nitrogen and oxygen atoms in total. The number of methoxy groups -OCH3 is 2. The lowest BCUT2D eigenvalue weighted by Crippen LogP contribution is -2.23. The van der Waals surface area contributed by atoms with Gasteiger partial charge in [0.15, 0.2) is 11.5 Å². The predicted octanol–water partition coefficient (Wildman–Crippen LogP) is 1.58. The maximum Gasteiger partial charge on any atom is 0.252 e. The summed E-state index contributed by atoms with van der Waals surface area (Å²) in [6, 6.07) is 11.5. The molecular weight excluding hydrogens is 320 g/mol. The van der Waals surface area contributed by atoms with Gasteiger partial charge in [0.2, 0.25) is 5.91 Å². The summed E-state index contributed by atoms with van der Waals surface area (Å²) in [5, 5.41) is 2.70. The summed E-state index contributed by atoms with van der Waals surface area (Å²) in [4.78, 5) is 23.1. The number of ether oxygens (including phenoxy) is 2. The van der Waals surface area contributed by atoms with Crippen LogP contribution in [0.15, 0.2) is 42.5 Å². The van der Waals surface area contributed by atoms with Crippen molar-refractivity contribution in [2.24, 2.45) is 5.73 Å². The summed E-state index contributed by atoms with van der Waals surface area (Å²) < 4.78 is 10.3. The van der Waals surface area contributed by atoms with E-state index in [1.165, 1.54) is 14.2 Å². The van der Waals surface area contributed by atoms with E-state index in [-0.39, 0.29) is 12.5 Å². The second-order valence-electron chi connectivity index (χ2n) is 5.00. The molecule has 0 saturated heterocycles. The summed E-state index contributed by atoms with van der Waals surface area (Å²) in [6.45, 7) is 0.185. The minimum absolute atomic E-state index is 0.185. The van der Waals surface area contributed by atoms with Gasteiger partial charge in [-0.2, -0.15) is 0 Å². The van der Waals surface area contributed by atoms with Gasteiger partial charge >= 0.3 is 0 Å². The Morgan fingerprint density at radius 2 is 1.64 bits per heavy atom. The zero-order valence-electron chi connectivity index (χ0n) is 14.0. The number of hydrogen-bond acceptors (Lipinski definition) is 4. The van der Waals surface area contributed by atoms with Crippen LogP contribution in [0.3, 0.4) is 0 Å². The highest BCUT2D eigenvalue weighted by Crippen LogP contribution is 2.27. The SMILES string of the molecule is COc1ccc(C(=O)NCC#Cc2ccc(C(N)=O)cc2)cc1OC. The first-order valence-corrected chi connectivity index (χ1v) is 7.44. The average Bonchev–Trinajstić information content (AvgIpc) is 2.64. The molecule has 6 heteroatoms. The second kappa shape index (κ2) is 8.41. The first-order chi connectivity index (χ1) is 12.0. The highest BCUT2D eigenvalue weighted by molar-refractivity contribution is 5.95. The van der Waals surface area contributed by atoms with Crippen LogP contribution in [0, 0.1) is 11.8 Å². The number of carbonyl (C=O) groups excluding carboxylic acids is 2. The van der Waals surface area contributed by atoms with Gasteiger partial charge in [0.1, 0.15) is 0 Å². The summed E-state index contributed by atoms with van der Waals surface area (Å²) in [6.07, 6.45) is 0. The van der Waals surface area contributed by atoms with Crippen molar-refractivity contribution in [2.75, 3.05) is 20.8 Å². The zero-order valence-corrected chi connectivity index (χ0v) is 14.0. The van der Waals surface area contributed by atoms with Crippen molar-refractivity contribution >= 4 is 11.8 Å². The fourth-order valence-electron chi connectivity index (χ4n) is 2.07. The van der Waals surface area contributed by atoms with Gasteiger partial charge in [-0.15, -0.1) is 0 Å². The molecule has 0 aliphatic carbocycles. The third kappa shape index (κ3) is 4.75. The van der Waals surface area contributed by atoms with Crippen LogP contribution in [0.1, 0.15) is 26.3 Å². The molecule has 0 fully saturated rings. The largest absolute Gasteiger partial charge is 0.493 e. The Labute approximate surface area is 145 Å². The zero-order chi connectivity index (χ0) is 18.2. The molecule has 3 N–H and O–H groups in total. The molecule has 2 aromatic carbocycles. The lowest BCUT2D eigenvalue weighted by molar-refractivity contribution is 0.0956. The number of rotatable bonds is 5. The van der Waals surface area contributed by atoms with E-state index in [9.17, 15) is 9.59 Å². The maximum atomic E-state index is 12.1. The lowest BCUT2D eigenvalue weighted by Gasteiger charge is -2.09. The Hall–Kier alpha value is -3.46. The molecular formula is C19H18N2O4. The highest BCUT2D eigenvalue weighted by atomic mass is 16.5. The van der Waals surface area contributed by atoms with E-state index in [2.05, 4.69) is 17.2 Å². The van der Waals surface area contributed by atoms with E-state index in [0.717, 1.165) is 5.56 Å². The number of benzene rings is 2. The molecule has 0 aromatic heterocycles. The maximum absolute atomic E-state index is 12.1. The fourth-order valence-corrected chi connectivity index (χ4v) is 2.07. The molecule has 2 amide bonds. The van der Waals surface area contributed by atoms with E-state index in [1.807, 2.05) is 0 Å². The van der Waals surface area contributed by atoms with Crippen LogP contribution in [0.4, 0.5) is 0 Å². The molecule has 2 rings (SSSR count). The number of hydrogen-bond donors (Lipinski definition) is 2. The van der Waals surface area contributed by atoms with Gasteiger partial charge in [-0.05, 0) is 42.5 Å². The topological polar surface area (TPSA) is 90.6 Å². The number of carbonyl (C=O) groups is 2. The predicted molar refractivity (Wildman–Crippen MR) is 93.7 cm³/mol. The standard InChI is InChI=1S/C19H18N2O4/c1-24-16-10-9-15(12-17(16)25-2)19(23)21-11-3-4-13-5-7-14(8-6-13)18(20)22/h5-10,12H,11H2,1-2H3,(H2,20,22)(H,21,23). The normalized spacial score (nSPS) is 9.52. The van der Waals surface area contributed by atoms with Crippen LogP contribution in [-0.2, 0) is 0 Å². The third-order valence-corrected chi connectivity index (χ3v) is 3.39. The van der Waals surface area contributed by atoms with Gasteiger partial charge in [0.25, 0.3) is 5.91 Å². The molecule has 0 unspecified atom stereocenters. The first kappa shape index (κ1) is 17.9. The van der Waals surface area contributed by atoms with Crippen molar-refractivity contribution in [3.05, 3.63) is 59.2 Å². The van der Waals surface area contributed by atoms with Crippen molar-refractivity contribution < 1.29 is 19.1 Å². The molecule has 0 aliphatic heterocycles. The van der Waals surface area contributed by atoms with Crippen molar-refractivity contribution in [1.29, 1.82) is 0 Å². The molecule has 128 valence electrons. The fraction of sp³-hybridized carbons (Fsp3) is 0.158. The van der Waals surface area contributed by atoms with E-state index >= 15 is 0 Å². The second-order valence-corrected chi connectivity index (χ2v) is 5.00. The van der Waals surface area contributed by atoms with Crippen LogP contribution in [0.25, 0.3) is 0 Å². The van der Waals surface area contributed by atoms with Gasteiger partial charge in [0, 0.05) is 16.7 Å². The summed E-state index contributed by atoms with van der Waals surface area (Å²) in [7, 11) is 3.04. The van der Waals surface area contributed by atoms with Crippen LogP contribution in [0.5, 0.6) is 11.5 Å². The number of nitrogens with two attached hydrogens (primary N) is 1. The third-order valence-electron chi connectivity index (χ3n) is 3.39. The summed E-state index contributed by atoms with van der Waals surface area (Å²) >= 11 is 0. The van der Waals surface area contributed by atoms with Crippen LogP contribution >= 0.6 is 0 Å². The molecule has 0 spiro atoms. The molecule has 0 heterocycles. The van der Waals surface area contributed by atoms with Crippen molar-refractivity contribution in [2.45, 2.75) is 0 Å². The van der Waals surface area contributed by atoms with E-state index < -0.39 is 5.91 Å². The Morgan fingerprint density at radius 3 is 2.24 bits per heavy atom. The van der Waals surface area contributed by atoms with Crippen LogP contribution < -0.4 is 20.5 Å². The minimum Gasteiger partial charge on any atom is -0.493 e. The number of nitrogens with one attached hydrogen (secondary N) is 1. The van der Waals surface area contributed by atoms with E-state index in [1.54, 1.807) is 42.5 Å². The van der Waals surface area contributed by atoms with Gasteiger partial charge in [0.05, 0.1) is 20.8 Å². The van der Waals surface area contributed by atoms with Gasteiger partial charge in [-0.1, -0.05) is 11.8 Å². The molecule has 0 radical (unpaired) electrons. The lowest BCUT2D eigenvalue weighted by atomic mass is 10.1. The summed E-state index contributed by atoms with van der Waals surface area (Å²) in [5.41, 5.74) is 6.77. The van der Waals surface area contributed by atoms with Crippen LogP contribution in [-0.4, -0.2) is 32.6 Å². The molecule has 0 bridgehead atoms. The monoisotopic (exact) mass is 338 g/mol. The van der Waals surface area contributed by atoms with Gasteiger partial charge in [-0.25, -0.2) is 0 Å². The molecule has 25 heavy (non-hydrogen) atoms. The minimum atomic E-state index is -0.485. The van der Waals surface area contributed by atoms with Crippen molar-refractivity contribution in [3.63, 3.8) is 0 Å². The van der Waals surface area contributed by atoms with Crippen LogP contribution in [0.2, 0.25) is 0 Å². The first-order valence-electron chi connectivity index (χ1n) is 7.44. The van der Waals surface area contributed by atoms with Crippen molar-refractivity contribution in [3.8, 4) is 23.3 Å². The van der Waals surface area contributed by atoms with Crippen molar-refractivity contribution in [1.82, 2.24) is 5.32 Å². The van der Waals surface area contributed by atoms with E-state index in [4.69, 9.17) is 15.2 Å². The molecule has 0 saturated carbocycles. The highest BCUT2D eigenvalue weighted by Gasteiger charge is 2.09. The van der Waals surface area contributed by atoms with E-state index in [0.29, 0.717) is 22.6 Å². The Balaban J connectivity index is 1.96. The number of amides is 2. The molecule has 0 atom stereocenters. The van der Waals surface area contributed by atoms with Gasteiger partial charge in [-0.3, -0.25) is 9.59 Å². The smallest absolute Gasteiger partial charge is 0.252 e. The Morgan fingerprint density at radius 1 is 1.00 bits per heavy atom. The number of primary amides is 1. The molecule has 0 aliphatic rings. The molecule has 2 aromatic rings.